The quantitative estimate of drug-likeness (QED) is 0.342. The molecule has 3 rings (SSSR count). The average molecular weight is 493 g/mol. The number of hydrogen-bond acceptors (Lipinski definition) is 5. The maximum atomic E-state index is 14.2. The normalized spacial score (nSPS) is 12.4. The van der Waals surface area contributed by atoms with Crippen molar-refractivity contribution in [1.29, 1.82) is 0 Å². The number of carbonyl (C=O) groups excluding carboxylic acids is 1. The molecule has 3 N–H and O–H groups in total. The summed E-state index contributed by atoms with van der Waals surface area (Å²) in [7, 11) is 0. The smallest absolute Gasteiger partial charge is 0.410 e. The fourth-order valence-corrected chi connectivity index (χ4v) is 3.76. The van der Waals surface area contributed by atoms with Crippen LogP contribution in [0.15, 0.2) is 85.5 Å². The molecule has 0 aromatic heterocycles. The Bertz CT molecular complexity index is 1140. The molecule has 190 valence electrons. The first-order chi connectivity index (χ1) is 17.4. The van der Waals surface area contributed by atoms with Crippen LogP contribution in [0.4, 0.5) is 9.18 Å². The van der Waals surface area contributed by atoms with Crippen LogP contribution in [-0.4, -0.2) is 35.4 Å². The van der Waals surface area contributed by atoms with Crippen molar-refractivity contribution in [2.24, 2.45) is 5.73 Å². The zero-order chi connectivity index (χ0) is 25.9. The molecule has 2 unspecified atom stereocenters. The molecule has 0 aliphatic carbocycles. The van der Waals surface area contributed by atoms with Crippen molar-refractivity contribution in [3.05, 3.63) is 114 Å². The van der Waals surface area contributed by atoms with Crippen molar-refractivity contribution in [2.75, 3.05) is 13.2 Å². The summed E-state index contributed by atoms with van der Waals surface area (Å²) < 4.78 is 25.1. The Morgan fingerprint density at radius 2 is 1.81 bits per heavy atom. The van der Waals surface area contributed by atoms with Crippen LogP contribution in [0.5, 0.6) is 5.75 Å². The molecular formula is C29H33FN2O4. The number of ether oxygens (including phenoxy) is 2. The second-order valence-electron chi connectivity index (χ2n) is 8.51. The maximum Gasteiger partial charge on any atom is 0.410 e. The summed E-state index contributed by atoms with van der Waals surface area (Å²) in [6, 6.07) is 20.3. The van der Waals surface area contributed by atoms with Gasteiger partial charge < -0.3 is 25.2 Å². The molecule has 0 bridgehead atoms. The summed E-state index contributed by atoms with van der Waals surface area (Å²) in [5, 5.41) is 11.0. The molecule has 36 heavy (non-hydrogen) atoms. The molecule has 0 saturated heterocycles. The van der Waals surface area contributed by atoms with Gasteiger partial charge in [-0.15, -0.1) is 0 Å². The standard InChI is InChI=1S/C29H33FN2O4/c1-3-13-35-26-16-24(15-25(30)17-26)28(31)27(33)19-32(18-23-12-8-11-21(4-2)14-23)29(34)36-20-22-9-6-5-7-10-22/h3,5-12,14-17,27-28,33H,1,4,13,18-20,31H2,2H3. The van der Waals surface area contributed by atoms with Gasteiger partial charge in [-0.2, -0.15) is 0 Å². The van der Waals surface area contributed by atoms with Crippen LogP contribution < -0.4 is 10.5 Å². The summed E-state index contributed by atoms with van der Waals surface area (Å²) in [4.78, 5) is 14.5. The molecule has 7 heteroatoms. The summed E-state index contributed by atoms with van der Waals surface area (Å²) in [6.45, 7) is 6.06. The highest BCUT2D eigenvalue weighted by Gasteiger charge is 2.25. The van der Waals surface area contributed by atoms with Crippen LogP contribution in [0.2, 0.25) is 0 Å². The van der Waals surface area contributed by atoms with Gasteiger partial charge >= 0.3 is 6.09 Å². The van der Waals surface area contributed by atoms with Crippen LogP contribution in [0.25, 0.3) is 0 Å². The van der Waals surface area contributed by atoms with Gasteiger partial charge in [-0.25, -0.2) is 9.18 Å². The van der Waals surface area contributed by atoms with Crippen molar-refractivity contribution in [2.45, 2.75) is 38.6 Å². The van der Waals surface area contributed by atoms with Gasteiger partial charge in [0.1, 0.15) is 24.8 Å². The molecular weight excluding hydrogens is 459 g/mol. The number of amides is 1. The zero-order valence-electron chi connectivity index (χ0n) is 20.5. The highest BCUT2D eigenvalue weighted by atomic mass is 19.1. The fraction of sp³-hybridized carbons (Fsp3) is 0.276. The number of aliphatic hydroxyl groups excluding tert-OH is 1. The van der Waals surface area contributed by atoms with Gasteiger partial charge in [-0.1, -0.05) is 74.2 Å². The molecule has 0 heterocycles. The second-order valence-corrected chi connectivity index (χ2v) is 8.51. The Balaban J connectivity index is 1.77. The third-order valence-corrected chi connectivity index (χ3v) is 5.70. The largest absolute Gasteiger partial charge is 0.489 e. The lowest BCUT2D eigenvalue weighted by Gasteiger charge is -2.28. The Hall–Kier alpha value is -3.68. The summed E-state index contributed by atoms with van der Waals surface area (Å²) in [6.07, 6.45) is 0.639. The molecule has 0 saturated carbocycles. The molecule has 0 spiro atoms. The minimum atomic E-state index is -1.18. The SMILES string of the molecule is C=CCOc1cc(F)cc(C(N)C(O)CN(Cc2cccc(CC)c2)C(=O)OCc2ccccc2)c1. The predicted molar refractivity (Wildman–Crippen MR) is 138 cm³/mol. The molecule has 3 aromatic rings. The van der Waals surface area contributed by atoms with Gasteiger partial charge in [0.05, 0.1) is 18.7 Å². The molecule has 3 aromatic carbocycles. The topological polar surface area (TPSA) is 85.0 Å². The lowest BCUT2D eigenvalue weighted by atomic mass is 10.0. The van der Waals surface area contributed by atoms with E-state index < -0.39 is 24.1 Å². The van der Waals surface area contributed by atoms with E-state index in [1.165, 1.54) is 17.0 Å². The number of nitrogens with zero attached hydrogens (tertiary/aromatic N) is 1. The monoisotopic (exact) mass is 492 g/mol. The fourth-order valence-electron chi connectivity index (χ4n) is 3.76. The number of halogens is 1. The van der Waals surface area contributed by atoms with Crippen molar-refractivity contribution >= 4 is 6.09 Å². The van der Waals surface area contributed by atoms with E-state index >= 15 is 0 Å². The van der Waals surface area contributed by atoms with Gasteiger partial charge in [0.15, 0.2) is 0 Å². The number of nitrogens with two attached hydrogens (primary N) is 1. The number of aliphatic hydroxyl groups is 1. The van der Waals surface area contributed by atoms with E-state index in [9.17, 15) is 14.3 Å². The Kier molecular flexibility index (Phi) is 10.0. The summed E-state index contributed by atoms with van der Waals surface area (Å²) in [5.74, 6) is -0.257. The second kappa shape index (κ2) is 13.4. The number of hydrogen-bond donors (Lipinski definition) is 2. The van der Waals surface area contributed by atoms with E-state index in [1.807, 2.05) is 54.6 Å². The first kappa shape index (κ1) is 26.9. The molecule has 0 fully saturated rings. The summed E-state index contributed by atoms with van der Waals surface area (Å²) in [5.41, 5.74) is 9.52. The van der Waals surface area contributed by atoms with E-state index in [1.54, 1.807) is 12.1 Å². The molecule has 1 amide bonds. The lowest BCUT2D eigenvalue weighted by Crippen LogP contribution is -2.41. The first-order valence-corrected chi connectivity index (χ1v) is 11.9. The van der Waals surface area contributed by atoms with Crippen molar-refractivity contribution in [3.63, 3.8) is 0 Å². The Labute approximate surface area is 211 Å². The van der Waals surface area contributed by atoms with Gasteiger partial charge in [0, 0.05) is 12.6 Å². The minimum Gasteiger partial charge on any atom is -0.489 e. The Morgan fingerprint density at radius 3 is 2.53 bits per heavy atom. The van der Waals surface area contributed by atoms with Crippen molar-refractivity contribution in [3.8, 4) is 5.75 Å². The lowest BCUT2D eigenvalue weighted by molar-refractivity contribution is 0.0573. The third kappa shape index (κ3) is 7.93. The number of carbonyl (C=O) groups is 1. The van der Waals surface area contributed by atoms with E-state index in [4.69, 9.17) is 15.2 Å². The van der Waals surface area contributed by atoms with Crippen LogP contribution in [0.3, 0.4) is 0 Å². The van der Waals surface area contributed by atoms with E-state index in [0.29, 0.717) is 5.56 Å². The van der Waals surface area contributed by atoms with Gasteiger partial charge in [-0.3, -0.25) is 0 Å². The minimum absolute atomic E-state index is 0.0984. The van der Waals surface area contributed by atoms with E-state index in [-0.39, 0.29) is 32.1 Å². The van der Waals surface area contributed by atoms with Gasteiger partial charge in [0.25, 0.3) is 0 Å². The maximum absolute atomic E-state index is 14.2. The first-order valence-electron chi connectivity index (χ1n) is 11.9. The van der Waals surface area contributed by atoms with E-state index in [2.05, 4.69) is 13.5 Å². The van der Waals surface area contributed by atoms with Crippen LogP contribution in [0.1, 0.15) is 35.2 Å². The van der Waals surface area contributed by atoms with Crippen LogP contribution >= 0.6 is 0 Å². The van der Waals surface area contributed by atoms with Crippen LogP contribution in [0, 0.1) is 5.82 Å². The molecule has 0 aliphatic heterocycles. The number of rotatable bonds is 12. The van der Waals surface area contributed by atoms with Gasteiger partial charge in [-0.05, 0) is 40.8 Å². The number of benzene rings is 3. The highest BCUT2D eigenvalue weighted by Crippen LogP contribution is 2.24. The molecule has 6 nitrogen and oxygen atoms in total. The molecule has 0 aliphatic rings. The predicted octanol–water partition coefficient (Wildman–Crippen LogP) is 5.15. The van der Waals surface area contributed by atoms with Gasteiger partial charge in [0.2, 0.25) is 0 Å². The molecule has 0 radical (unpaired) electrons. The summed E-state index contributed by atoms with van der Waals surface area (Å²) >= 11 is 0. The number of aryl methyl sites for hydroxylation is 1. The van der Waals surface area contributed by atoms with Crippen molar-refractivity contribution in [1.82, 2.24) is 4.90 Å². The van der Waals surface area contributed by atoms with Crippen LogP contribution in [-0.2, 0) is 24.3 Å². The van der Waals surface area contributed by atoms with Crippen molar-refractivity contribution < 1.29 is 23.8 Å². The molecule has 2 atom stereocenters. The third-order valence-electron chi connectivity index (χ3n) is 5.70. The zero-order valence-corrected chi connectivity index (χ0v) is 20.5. The Morgan fingerprint density at radius 1 is 1.08 bits per heavy atom. The average Bonchev–Trinajstić information content (AvgIpc) is 2.90. The van der Waals surface area contributed by atoms with E-state index in [0.717, 1.165) is 23.1 Å². The highest BCUT2D eigenvalue weighted by molar-refractivity contribution is 5.67.